The number of amides is 2. The van der Waals surface area contributed by atoms with E-state index in [0.717, 1.165) is 17.9 Å². The van der Waals surface area contributed by atoms with Gasteiger partial charge < -0.3 is 15.4 Å². The van der Waals surface area contributed by atoms with E-state index >= 15 is 0 Å². The Morgan fingerprint density at radius 3 is 2.67 bits per heavy atom. The Morgan fingerprint density at radius 1 is 1.33 bits per heavy atom. The maximum absolute atomic E-state index is 11.5. The van der Waals surface area contributed by atoms with Crippen molar-refractivity contribution in [1.29, 1.82) is 0 Å². The molecule has 0 heterocycles. The first kappa shape index (κ1) is 14.4. The van der Waals surface area contributed by atoms with E-state index in [1.165, 1.54) is 0 Å². The van der Waals surface area contributed by atoms with Gasteiger partial charge in [0.25, 0.3) is 0 Å². The fourth-order valence-electron chi connectivity index (χ4n) is 1.39. The van der Waals surface area contributed by atoms with Crippen molar-refractivity contribution >= 4 is 11.7 Å². The summed E-state index contributed by atoms with van der Waals surface area (Å²) in [7, 11) is 0. The molecule has 2 amide bonds. The third-order valence-corrected chi connectivity index (χ3v) is 2.42. The van der Waals surface area contributed by atoms with Gasteiger partial charge in [0.1, 0.15) is 5.75 Å². The van der Waals surface area contributed by atoms with Gasteiger partial charge in [-0.25, -0.2) is 4.79 Å². The van der Waals surface area contributed by atoms with Crippen molar-refractivity contribution in [2.45, 2.75) is 46.3 Å². The number of rotatable bonds is 5. The summed E-state index contributed by atoms with van der Waals surface area (Å²) in [6.07, 6.45) is 1.12. The molecule has 0 fully saturated rings. The number of ether oxygens (including phenoxy) is 1. The van der Waals surface area contributed by atoms with Crippen LogP contribution in [0.15, 0.2) is 24.3 Å². The van der Waals surface area contributed by atoms with Gasteiger partial charge in [-0.3, -0.25) is 0 Å². The highest BCUT2D eigenvalue weighted by molar-refractivity contribution is 5.89. The van der Waals surface area contributed by atoms with E-state index in [-0.39, 0.29) is 18.2 Å². The lowest BCUT2D eigenvalue weighted by Gasteiger charge is -2.14. The first-order chi connectivity index (χ1) is 8.51. The van der Waals surface area contributed by atoms with Crippen LogP contribution in [0.2, 0.25) is 0 Å². The molecule has 0 bridgehead atoms. The second kappa shape index (κ2) is 6.89. The Labute approximate surface area is 109 Å². The normalized spacial score (nSPS) is 12.1. The average Bonchev–Trinajstić information content (AvgIpc) is 2.28. The number of nitrogens with one attached hydrogen (secondary N) is 2. The monoisotopic (exact) mass is 250 g/mol. The van der Waals surface area contributed by atoms with Crippen LogP contribution in [0.3, 0.4) is 0 Å². The number of hydrogen-bond donors (Lipinski definition) is 2. The van der Waals surface area contributed by atoms with Gasteiger partial charge in [0, 0.05) is 17.8 Å². The zero-order valence-electron chi connectivity index (χ0n) is 11.5. The zero-order valence-corrected chi connectivity index (χ0v) is 11.5. The van der Waals surface area contributed by atoms with Crippen molar-refractivity contribution in [3.05, 3.63) is 24.3 Å². The third-order valence-electron chi connectivity index (χ3n) is 2.42. The molecule has 2 N–H and O–H groups in total. The third kappa shape index (κ3) is 5.08. The highest BCUT2D eigenvalue weighted by Gasteiger charge is 2.05. The van der Waals surface area contributed by atoms with Gasteiger partial charge in [-0.1, -0.05) is 13.0 Å². The standard InChI is InChI=1S/C14H22N2O2/c1-5-11(4)18-13-8-6-7-12(9-13)16-14(17)15-10(2)3/h6-11H,5H2,1-4H3,(H2,15,16,17). The Kier molecular flexibility index (Phi) is 5.49. The molecular formula is C14H22N2O2. The Morgan fingerprint density at radius 2 is 2.06 bits per heavy atom. The van der Waals surface area contributed by atoms with Gasteiger partial charge in [0.15, 0.2) is 0 Å². The molecule has 1 aromatic rings. The lowest BCUT2D eigenvalue weighted by Crippen LogP contribution is -2.34. The van der Waals surface area contributed by atoms with Crippen LogP contribution in [-0.4, -0.2) is 18.2 Å². The van der Waals surface area contributed by atoms with E-state index in [1.807, 2.05) is 45.0 Å². The van der Waals surface area contributed by atoms with E-state index in [4.69, 9.17) is 4.74 Å². The van der Waals surface area contributed by atoms with E-state index in [1.54, 1.807) is 0 Å². The largest absolute Gasteiger partial charge is 0.491 e. The fraction of sp³-hybridized carbons (Fsp3) is 0.500. The quantitative estimate of drug-likeness (QED) is 0.841. The second-order valence-corrected chi connectivity index (χ2v) is 4.62. The van der Waals surface area contributed by atoms with Crippen molar-refractivity contribution in [2.75, 3.05) is 5.32 Å². The Hall–Kier alpha value is -1.71. The average molecular weight is 250 g/mol. The smallest absolute Gasteiger partial charge is 0.319 e. The molecule has 4 heteroatoms. The summed E-state index contributed by atoms with van der Waals surface area (Å²) in [5.41, 5.74) is 0.731. The van der Waals surface area contributed by atoms with Gasteiger partial charge in [-0.05, 0) is 39.3 Å². The molecule has 1 aromatic carbocycles. The van der Waals surface area contributed by atoms with Crippen LogP contribution in [0.5, 0.6) is 5.75 Å². The fourth-order valence-corrected chi connectivity index (χ4v) is 1.39. The van der Waals surface area contributed by atoms with Crippen LogP contribution < -0.4 is 15.4 Å². The first-order valence-electron chi connectivity index (χ1n) is 6.35. The summed E-state index contributed by atoms with van der Waals surface area (Å²) < 4.78 is 5.70. The minimum Gasteiger partial charge on any atom is -0.491 e. The van der Waals surface area contributed by atoms with E-state index in [9.17, 15) is 4.79 Å². The number of carbonyl (C=O) groups excluding carboxylic acids is 1. The topological polar surface area (TPSA) is 50.4 Å². The molecular weight excluding hydrogens is 228 g/mol. The first-order valence-corrected chi connectivity index (χ1v) is 6.35. The molecule has 4 nitrogen and oxygen atoms in total. The Bertz CT molecular complexity index is 391. The summed E-state index contributed by atoms with van der Waals surface area (Å²) in [6, 6.07) is 7.32. The van der Waals surface area contributed by atoms with Crippen LogP contribution in [-0.2, 0) is 0 Å². The highest BCUT2D eigenvalue weighted by atomic mass is 16.5. The van der Waals surface area contributed by atoms with Crippen LogP contribution in [0.25, 0.3) is 0 Å². The number of urea groups is 1. The molecule has 1 atom stereocenters. The predicted octanol–water partition coefficient (Wildman–Crippen LogP) is 3.39. The van der Waals surface area contributed by atoms with Crippen LogP contribution >= 0.6 is 0 Å². The van der Waals surface area contributed by atoms with Gasteiger partial charge in [-0.15, -0.1) is 0 Å². The molecule has 18 heavy (non-hydrogen) atoms. The number of benzene rings is 1. The van der Waals surface area contributed by atoms with Crippen LogP contribution in [0.1, 0.15) is 34.1 Å². The molecule has 100 valence electrons. The highest BCUT2D eigenvalue weighted by Crippen LogP contribution is 2.19. The molecule has 1 unspecified atom stereocenters. The molecule has 0 aliphatic rings. The van der Waals surface area contributed by atoms with E-state index in [2.05, 4.69) is 17.6 Å². The molecule has 0 saturated heterocycles. The van der Waals surface area contributed by atoms with Gasteiger partial charge in [0.05, 0.1) is 6.10 Å². The van der Waals surface area contributed by atoms with Crippen LogP contribution in [0, 0.1) is 0 Å². The Balaban J connectivity index is 2.61. The summed E-state index contributed by atoms with van der Waals surface area (Å²) >= 11 is 0. The predicted molar refractivity (Wildman–Crippen MR) is 74.1 cm³/mol. The number of hydrogen-bond acceptors (Lipinski definition) is 2. The van der Waals surface area contributed by atoms with Crippen LogP contribution in [0.4, 0.5) is 10.5 Å². The van der Waals surface area contributed by atoms with E-state index in [0.29, 0.717) is 0 Å². The maximum Gasteiger partial charge on any atom is 0.319 e. The molecule has 0 aromatic heterocycles. The lowest BCUT2D eigenvalue weighted by molar-refractivity contribution is 0.217. The molecule has 0 spiro atoms. The SMILES string of the molecule is CCC(C)Oc1cccc(NC(=O)NC(C)C)c1. The lowest BCUT2D eigenvalue weighted by atomic mass is 10.3. The summed E-state index contributed by atoms with van der Waals surface area (Å²) in [4.78, 5) is 11.5. The summed E-state index contributed by atoms with van der Waals surface area (Å²) in [5.74, 6) is 0.770. The van der Waals surface area contributed by atoms with E-state index < -0.39 is 0 Å². The van der Waals surface area contributed by atoms with Crippen molar-refractivity contribution in [3.8, 4) is 5.75 Å². The minimum atomic E-state index is -0.203. The number of carbonyl (C=O) groups is 1. The molecule has 0 saturated carbocycles. The van der Waals surface area contributed by atoms with Gasteiger partial charge in [-0.2, -0.15) is 0 Å². The van der Waals surface area contributed by atoms with Crippen molar-refractivity contribution in [3.63, 3.8) is 0 Å². The van der Waals surface area contributed by atoms with Gasteiger partial charge >= 0.3 is 6.03 Å². The maximum atomic E-state index is 11.5. The molecule has 0 aliphatic carbocycles. The van der Waals surface area contributed by atoms with Gasteiger partial charge in [0.2, 0.25) is 0 Å². The number of anilines is 1. The zero-order chi connectivity index (χ0) is 13.5. The molecule has 1 rings (SSSR count). The van der Waals surface area contributed by atoms with Crippen molar-refractivity contribution in [1.82, 2.24) is 5.32 Å². The summed E-state index contributed by atoms with van der Waals surface area (Å²) in [6.45, 7) is 7.93. The minimum absolute atomic E-state index is 0.115. The summed E-state index contributed by atoms with van der Waals surface area (Å²) in [5, 5.41) is 5.55. The molecule has 0 aliphatic heterocycles. The van der Waals surface area contributed by atoms with Crippen molar-refractivity contribution in [2.24, 2.45) is 0 Å². The molecule has 0 radical (unpaired) electrons. The van der Waals surface area contributed by atoms with Crippen molar-refractivity contribution < 1.29 is 9.53 Å². The second-order valence-electron chi connectivity index (χ2n) is 4.62.